The smallest absolute Gasteiger partial charge is 0.232 e. The maximum absolute atomic E-state index is 12.8. The largest absolute Gasteiger partial charge is 0.381 e. The fourth-order valence-electron chi connectivity index (χ4n) is 3.31. The van der Waals surface area contributed by atoms with Crippen LogP contribution in [0.25, 0.3) is 0 Å². The molecular weight excluding hydrogens is 340 g/mol. The van der Waals surface area contributed by atoms with Gasteiger partial charge in [-0.3, -0.25) is 4.79 Å². The van der Waals surface area contributed by atoms with Crippen molar-refractivity contribution < 1.29 is 14.3 Å². The second kappa shape index (κ2) is 9.65. The summed E-state index contributed by atoms with van der Waals surface area (Å²) in [5.41, 5.74) is 8.47. The van der Waals surface area contributed by atoms with Gasteiger partial charge >= 0.3 is 0 Å². The fourth-order valence-corrected chi connectivity index (χ4v) is 3.31. The van der Waals surface area contributed by atoms with Gasteiger partial charge in [0, 0.05) is 25.4 Å². The lowest BCUT2D eigenvalue weighted by Crippen LogP contribution is -2.46. The normalized spacial score (nSPS) is 16.0. The Bertz CT molecular complexity index is 727. The van der Waals surface area contributed by atoms with Crippen molar-refractivity contribution in [2.75, 3.05) is 31.7 Å². The molecule has 1 saturated heterocycles. The van der Waals surface area contributed by atoms with Gasteiger partial charge in [0.25, 0.3) is 0 Å². The molecule has 5 nitrogen and oxygen atoms in total. The van der Waals surface area contributed by atoms with Crippen LogP contribution in [0.1, 0.15) is 24.0 Å². The lowest BCUT2D eigenvalue weighted by atomic mass is 9.79. The lowest BCUT2D eigenvalue weighted by Gasteiger charge is -2.34. The van der Waals surface area contributed by atoms with Crippen molar-refractivity contribution in [1.82, 2.24) is 0 Å². The third-order valence-corrected chi connectivity index (χ3v) is 5.15. The molecule has 0 radical (unpaired) electrons. The Hall–Kier alpha value is -2.21. The molecule has 1 amide bonds. The van der Waals surface area contributed by atoms with E-state index in [1.807, 2.05) is 42.5 Å². The number of carbonyl (C=O) groups excluding carboxylic acids is 1. The predicted octanol–water partition coefficient (Wildman–Crippen LogP) is 3.14. The van der Waals surface area contributed by atoms with E-state index < -0.39 is 5.41 Å². The van der Waals surface area contributed by atoms with Crippen molar-refractivity contribution in [1.29, 1.82) is 0 Å². The molecule has 1 fully saturated rings. The van der Waals surface area contributed by atoms with Gasteiger partial charge in [-0.1, -0.05) is 42.5 Å². The molecule has 0 spiro atoms. The van der Waals surface area contributed by atoms with Gasteiger partial charge < -0.3 is 20.5 Å². The Kier molecular flexibility index (Phi) is 6.98. The zero-order valence-corrected chi connectivity index (χ0v) is 15.7. The van der Waals surface area contributed by atoms with Gasteiger partial charge in [0.15, 0.2) is 0 Å². The molecule has 144 valence electrons. The number of nitrogens with one attached hydrogen (secondary N) is 1. The first-order valence-corrected chi connectivity index (χ1v) is 9.52. The van der Waals surface area contributed by atoms with Crippen molar-refractivity contribution >= 4 is 11.6 Å². The highest BCUT2D eigenvalue weighted by atomic mass is 16.5. The second-order valence-corrected chi connectivity index (χ2v) is 7.04. The Morgan fingerprint density at radius 3 is 2.56 bits per heavy atom. The van der Waals surface area contributed by atoms with Crippen molar-refractivity contribution in [3.05, 3.63) is 65.7 Å². The minimum Gasteiger partial charge on any atom is -0.381 e. The fraction of sp³-hybridized carbons (Fsp3) is 0.409. The van der Waals surface area contributed by atoms with Crippen molar-refractivity contribution in [3.63, 3.8) is 0 Å². The molecule has 0 saturated carbocycles. The highest BCUT2D eigenvalue weighted by molar-refractivity contribution is 5.95. The predicted molar refractivity (Wildman–Crippen MR) is 106 cm³/mol. The number of hydrogen-bond donors (Lipinski definition) is 2. The summed E-state index contributed by atoms with van der Waals surface area (Å²) in [6.45, 7) is 2.69. The van der Waals surface area contributed by atoms with Crippen LogP contribution in [0.5, 0.6) is 0 Å². The van der Waals surface area contributed by atoms with Crippen molar-refractivity contribution in [3.8, 4) is 0 Å². The molecule has 0 aliphatic carbocycles. The Morgan fingerprint density at radius 2 is 1.81 bits per heavy atom. The Balaban J connectivity index is 1.51. The molecule has 3 N–H and O–H groups in total. The SMILES string of the molecule is NCC1(C(=O)Nc2cccc(COCCc3ccccc3)c2)CCOCC1. The Labute approximate surface area is 160 Å². The zero-order chi connectivity index (χ0) is 19.0. The summed E-state index contributed by atoms with van der Waals surface area (Å²) in [5, 5.41) is 3.03. The van der Waals surface area contributed by atoms with Crippen LogP contribution in [-0.2, 0) is 27.3 Å². The quantitative estimate of drug-likeness (QED) is 0.702. The van der Waals surface area contributed by atoms with E-state index in [-0.39, 0.29) is 5.91 Å². The van der Waals surface area contributed by atoms with Gasteiger partial charge in [0.2, 0.25) is 5.91 Å². The molecule has 2 aromatic carbocycles. The zero-order valence-electron chi connectivity index (χ0n) is 15.7. The average molecular weight is 368 g/mol. The van der Waals surface area contributed by atoms with Gasteiger partial charge in [-0.2, -0.15) is 0 Å². The molecule has 27 heavy (non-hydrogen) atoms. The number of anilines is 1. The van der Waals surface area contributed by atoms with E-state index in [4.69, 9.17) is 15.2 Å². The number of hydrogen-bond acceptors (Lipinski definition) is 4. The number of nitrogens with two attached hydrogens (primary N) is 1. The van der Waals surface area contributed by atoms with E-state index in [2.05, 4.69) is 17.4 Å². The van der Waals surface area contributed by atoms with Crippen LogP contribution in [0, 0.1) is 5.41 Å². The number of rotatable bonds is 8. The molecule has 1 aliphatic rings. The lowest BCUT2D eigenvalue weighted by molar-refractivity contribution is -0.130. The van der Waals surface area contributed by atoms with Crippen molar-refractivity contribution in [2.24, 2.45) is 11.1 Å². The molecule has 0 bridgehead atoms. The molecule has 0 atom stereocenters. The molecule has 1 aliphatic heterocycles. The average Bonchev–Trinajstić information content (AvgIpc) is 2.73. The van der Waals surface area contributed by atoms with Gasteiger partial charge in [0.05, 0.1) is 18.6 Å². The van der Waals surface area contributed by atoms with E-state index in [0.29, 0.717) is 45.8 Å². The summed E-state index contributed by atoms with van der Waals surface area (Å²) in [6, 6.07) is 18.1. The van der Waals surface area contributed by atoms with E-state index >= 15 is 0 Å². The number of benzene rings is 2. The number of carbonyl (C=O) groups is 1. The highest BCUT2D eigenvalue weighted by Gasteiger charge is 2.38. The summed E-state index contributed by atoms with van der Waals surface area (Å²) in [4.78, 5) is 12.8. The van der Waals surface area contributed by atoms with Crippen LogP contribution in [0.15, 0.2) is 54.6 Å². The summed E-state index contributed by atoms with van der Waals surface area (Å²) in [6.07, 6.45) is 2.22. The van der Waals surface area contributed by atoms with Crippen LogP contribution in [0.3, 0.4) is 0 Å². The molecule has 0 unspecified atom stereocenters. The molecule has 0 aromatic heterocycles. The summed E-state index contributed by atoms with van der Waals surface area (Å²) in [5.74, 6) is -0.0181. The number of amides is 1. The number of ether oxygens (including phenoxy) is 2. The third-order valence-electron chi connectivity index (χ3n) is 5.15. The van der Waals surface area contributed by atoms with Crippen LogP contribution in [0.2, 0.25) is 0 Å². The molecular formula is C22H28N2O3. The van der Waals surface area contributed by atoms with E-state index in [9.17, 15) is 4.79 Å². The monoisotopic (exact) mass is 368 g/mol. The minimum atomic E-state index is -0.527. The summed E-state index contributed by atoms with van der Waals surface area (Å²) >= 11 is 0. The van der Waals surface area contributed by atoms with Gasteiger partial charge in [-0.05, 0) is 42.5 Å². The molecule has 2 aromatic rings. The molecule has 5 heteroatoms. The standard InChI is InChI=1S/C22H28N2O3/c23-17-22(10-13-26-14-11-22)21(25)24-20-8-4-7-19(15-20)16-27-12-9-18-5-2-1-3-6-18/h1-8,15H,9-14,16-17,23H2,(H,24,25). The summed E-state index contributed by atoms with van der Waals surface area (Å²) in [7, 11) is 0. The van der Waals surface area contributed by atoms with Gasteiger partial charge in [0.1, 0.15) is 0 Å². The van der Waals surface area contributed by atoms with Crippen molar-refractivity contribution in [2.45, 2.75) is 25.9 Å². The van der Waals surface area contributed by atoms with Crippen LogP contribution in [0.4, 0.5) is 5.69 Å². The van der Waals surface area contributed by atoms with E-state index in [1.54, 1.807) is 0 Å². The van der Waals surface area contributed by atoms with Crippen LogP contribution in [-0.4, -0.2) is 32.3 Å². The van der Waals surface area contributed by atoms with E-state index in [0.717, 1.165) is 17.7 Å². The van der Waals surface area contributed by atoms with Gasteiger partial charge in [-0.15, -0.1) is 0 Å². The topological polar surface area (TPSA) is 73.6 Å². The van der Waals surface area contributed by atoms with Crippen LogP contribution >= 0.6 is 0 Å². The first-order chi connectivity index (χ1) is 13.2. The third kappa shape index (κ3) is 5.39. The van der Waals surface area contributed by atoms with Gasteiger partial charge in [-0.25, -0.2) is 0 Å². The van der Waals surface area contributed by atoms with E-state index in [1.165, 1.54) is 5.56 Å². The second-order valence-electron chi connectivity index (χ2n) is 7.04. The molecule has 1 heterocycles. The Morgan fingerprint density at radius 1 is 1.07 bits per heavy atom. The highest BCUT2D eigenvalue weighted by Crippen LogP contribution is 2.31. The maximum Gasteiger partial charge on any atom is 0.232 e. The molecule has 3 rings (SSSR count). The maximum atomic E-state index is 12.8. The first kappa shape index (κ1) is 19.5. The summed E-state index contributed by atoms with van der Waals surface area (Å²) < 4.78 is 11.2. The van der Waals surface area contributed by atoms with Crippen LogP contribution < -0.4 is 11.1 Å². The first-order valence-electron chi connectivity index (χ1n) is 9.52. The minimum absolute atomic E-state index is 0.0181.